The molecule has 1 N–H and O–H groups in total. The molecule has 1 fully saturated rings. The fourth-order valence-electron chi connectivity index (χ4n) is 3.80. The highest BCUT2D eigenvalue weighted by atomic mass is 35.5. The number of likely N-dealkylation sites (N-methyl/N-ethyl adjacent to an activating group) is 2. The Bertz CT molecular complexity index is 469. The van der Waals surface area contributed by atoms with E-state index in [1.807, 2.05) is 6.07 Å². The van der Waals surface area contributed by atoms with Crippen LogP contribution in [-0.4, -0.2) is 31.6 Å². The highest BCUT2D eigenvalue weighted by Gasteiger charge is 2.45. The molecule has 2 rings (SSSR count). The number of hydrogen-bond acceptors (Lipinski definition) is 2. The van der Waals surface area contributed by atoms with Gasteiger partial charge in [0.1, 0.15) is 0 Å². The SMILES string of the molecule is CCNC1CC(C)CCC1(c1cc(Cl)cc(Cl)c1)N(C)C. The zero-order valence-electron chi connectivity index (χ0n) is 13.4. The maximum absolute atomic E-state index is 6.27. The maximum atomic E-state index is 6.27. The van der Waals surface area contributed by atoms with Crippen LogP contribution >= 0.6 is 23.2 Å². The summed E-state index contributed by atoms with van der Waals surface area (Å²) in [7, 11) is 4.32. The first-order chi connectivity index (χ1) is 9.90. The Kier molecular flexibility index (Phi) is 5.59. The Labute approximate surface area is 138 Å². The summed E-state index contributed by atoms with van der Waals surface area (Å²) < 4.78 is 0. The lowest BCUT2D eigenvalue weighted by molar-refractivity contribution is 0.0409. The molecule has 0 aliphatic heterocycles. The van der Waals surface area contributed by atoms with Gasteiger partial charge in [-0.15, -0.1) is 0 Å². The minimum atomic E-state index is -0.0446. The molecule has 21 heavy (non-hydrogen) atoms. The Morgan fingerprint density at radius 1 is 1.24 bits per heavy atom. The van der Waals surface area contributed by atoms with Crippen LogP contribution in [0.2, 0.25) is 10.0 Å². The molecule has 0 amide bonds. The summed E-state index contributed by atoms with van der Waals surface area (Å²) in [5, 5.41) is 5.13. The number of hydrogen-bond donors (Lipinski definition) is 1. The summed E-state index contributed by atoms with van der Waals surface area (Å²) in [5.41, 5.74) is 1.18. The molecule has 0 heterocycles. The van der Waals surface area contributed by atoms with Gasteiger partial charge in [-0.2, -0.15) is 0 Å². The van der Waals surface area contributed by atoms with Gasteiger partial charge in [-0.3, -0.25) is 4.90 Å². The summed E-state index contributed by atoms with van der Waals surface area (Å²) in [6.07, 6.45) is 3.52. The van der Waals surface area contributed by atoms with Crippen molar-refractivity contribution >= 4 is 23.2 Å². The third-order valence-electron chi connectivity index (χ3n) is 4.84. The molecular formula is C17H26Cl2N2. The van der Waals surface area contributed by atoms with Gasteiger partial charge in [0.15, 0.2) is 0 Å². The van der Waals surface area contributed by atoms with E-state index in [9.17, 15) is 0 Å². The normalized spacial score (nSPS) is 29.9. The van der Waals surface area contributed by atoms with Crippen molar-refractivity contribution in [2.24, 2.45) is 5.92 Å². The number of nitrogens with one attached hydrogen (secondary N) is 1. The van der Waals surface area contributed by atoms with Crippen LogP contribution in [0.25, 0.3) is 0 Å². The van der Waals surface area contributed by atoms with Gasteiger partial charge in [-0.05, 0) is 69.6 Å². The van der Waals surface area contributed by atoms with Crippen LogP contribution in [0.4, 0.5) is 0 Å². The summed E-state index contributed by atoms with van der Waals surface area (Å²) in [6.45, 7) is 5.49. The summed E-state index contributed by atoms with van der Waals surface area (Å²) in [4.78, 5) is 2.34. The molecule has 1 aliphatic carbocycles. The molecule has 0 radical (unpaired) electrons. The van der Waals surface area contributed by atoms with E-state index in [4.69, 9.17) is 23.2 Å². The Balaban J connectivity index is 2.51. The number of rotatable bonds is 4. The average Bonchev–Trinajstić information content (AvgIpc) is 2.38. The zero-order valence-corrected chi connectivity index (χ0v) is 14.9. The molecule has 1 aromatic carbocycles. The molecule has 1 aromatic rings. The van der Waals surface area contributed by atoms with Gasteiger partial charge in [0, 0.05) is 16.1 Å². The molecule has 0 bridgehead atoms. The van der Waals surface area contributed by atoms with Gasteiger partial charge >= 0.3 is 0 Å². The van der Waals surface area contributed by atoms with Crippen LogP contribution in [0.3, 0.4) is 0 Å². The first kappa shape index (κ1) is 17.1. The third-order valence-corrected chi connectivity index (χ3v) is 5.28. The highest BCUT2D eigenvalue weighted by molar-refractivity contribution is 6.34. The molecule has 3 atom stereocenters. The standard InChI is InChI=1S/C17H26Cl2N2/c1-5-20-16-8-12(2)6-7-17(16,21(3)4)13-9-14(18)11-15(19)10-13/h9-12,16,20H,5-8H2,1-4H3. The van der Waals surface area contributed by atoms with Crippen LogP contribution < -0.4 is 5.32 Å². The summed E-state index contributed by atoms with van der Waals surface area (Å²) in [6, 6.07) is 6.38. The molecule has 0 spiro atoms. The van der Waals surface area contributed by atoms with E-state index in [0.717, 1.165) is 18.9 Å². The van der Waals surface area contributed by atoms with Crippen LogP contribution in [0.15, 0.2) is 18.2 Å². The van der Waals surface area contributed by atoms with Crippen molar-refractivity contribution in [1.29, 1.82) is 0 Å². The lowest BCUT2D eigenvalue weighted by atomic mass is 9.69. The first-order valence-electron chi connectivity index (χ1n) is 7.77. The van der Waals surface area contributed by atoms with Crippen LogP contribution in [0.1, 0.15) is 38.7 Å². The molecular weight excluding hydrogens is 303 g/mol. The second-order valence-electron chi connectivity index (χ2n) is 6.47. The van der Waals surface area contributed by atoms with E-state index in [1.165, 1.54) is 18.4 Å². The van der Waals surface area contributed by atoms with Crippen molar-refractivity contribution in [3.8, 4) is 0 Å². The largest absolute Gasteiger partial charge is 0.312 e. The van der Waals surface area contributed by atoms with Gasteiger partial charge in [-0.25, -0.2) is 0 Å². The first-order valence-corrected chi connectivity index (χ1v) is 8.53. The second-order valence-corrected chi connectivity index (χ2v) is 7.34. The Morgan fingerprint density at radius 3 is 2.38 bits per heavy atom. The average molecular weight is 329 g/mol. The van der Waals surface area contributed by atoms with Crippen molar-refractivity contribution < 1.29 is 0 Å². The molecule has 1 saturated carbocycles. The number of nitrogens with zero attached hydrogens (tertiary/aromatic N) is 1. The summed E-state index contributed by atoms with van der Waals surface area (Å²) >= 11 is 12.5. The van der Waals surface area contributed by atoms with Crippen LogP contribution in [0, 0.1) is 5.92 Å². The van der Waals surface area contributed by atoms with Crippen LogP contribution in [0.5, 0.6) is 0 Å². The van der Waals surface area contributed by atoms with E-state index < -0.39 is 0 Å². The number of halogens is 2. The van der Waals surface area contributed by atoms with Gasteiger partial charge in [0.05, 0.1) is 5.54 Å². The van der Waals surface area contributed by atoms with Crippen molar-refractivity contribution in [3.05, 3.63) is 33.8 Å². The van der Waals surface area contributed by atoms with Crippen molar-refractivity contribution in [2.75, 3.05) is 20.6 Å². The van der Waals surface area contributed by atoms with Crippen LogP contribution in [-0.2, 0) is 5.54 Å². The zero-order chi connectivity index (χ0) is 15.6. The smallest absolute Gasteiger partial charge is 0.0611 e. The third kappa shape index (κ3) is 3.39. The monoisotopic (exact) mass is 328 g/mol. The minimum absolute atomic E-state index is 0.0446. The minimum Gasteiger partial charge on any atom is -0.312 e. The second kappa shape index (κ2) is 6.87. The predicted octanol–water partition coefficient (Wildman–Crippen LogP) is 4.55. The maximum Gasteiger partial charge on any atom is 0.0611 e. The van der Waals surface area contributed by atoms with Crippen molar-refractivity contribution in [2.45, 2.75) is 44.7 Å². The quantitative estimate of drug-likeness (QED) is 0.872. The van der Waals surface area contributed by atoms with E-state index in [1.54, 1.807) is 0 Å². The van der Waals surface area contributed by atoms with Crippen molar-refractivity contribution in [3.63, 3.8) is 0 Å². The van der Waals surface area contributed by atoms with Gasteiger partial charge in [-0.1, -0.05) is 37.0 Å². The Morgan fingerprint density at radius 2 is 1.86 bits per heavy atom. The molecule has 3 unspecified atom stereocenters. The summed E-state index contributed by atoms with van der Waals surface area (Å²) in [5.74, 6) is 0.747. The van der Waals surface area contributed by atoms with E-state index in [0.29, 0.717) is 16.1 Å². The van der Waals surface area contributed by atoms with Gasteiger partial charge in [0.2, 0.25) is 0 Å². The van der Waals surface area contributed by atoms with E-state index in [-0.39, 0.29) is 5.54 Å². The lowest BCUT2D eigenvalue weighted by Crippen LogP contribution is -2.59. The van der Waals surface area contributed by atoms with Crippen molar-refractivity contribution in [1.82, 2.24) is 10.2 Å². The predicted molar refractivity (Wildman–Crippen MR) is 92.3 cm³/mol. The van der Waals surface area contributed by atoms with E-state index in [2.05, 4.69) is 50.3 Å². The van der Waals surface area contributed by atoms with Gasteiger partial charge in [0.25, 0.3) is 0 Å². The molecule has 2 nitrogen and oxygen atoms in total. The Hall–Kier alpha value is -0.280. The van der Waals surface area contributed by atoms with E-state index >= 15 is 0 Å². The molecule has 4 heteroatoms. The lowest BCUT2D eigenvalue weighted by Gasteiger charge is -2.51. The highest BCUT2D eigenvalue weighted by Crippen LogP contribution is 2.44. The molecule has 0 aromatic heterocycles. The molecule has 118 valence electrons. The topological polar surface area (TPSA) is 15.3 Å². The molecule has 0 saturated heterocycles. The van der Waals surface area contributed by atoms with Gasteiger partial charge < -0.3 is 5.32 Å². The fraction of sp³-hybridized carbons (Fsp3) is 0.647. The fourth-order valence-corrected chi connectivity index (χ4v) is 4.32. The number of benzene rings is 1. The molecule has 1 aliphatic rings.